The van der Waals surface area contributed by atoms with Gasteiger partial charge in [0.1, 0.15) is 0 Å². The van der Waals surface area contributed by atoms with E-state index in [0.717, 1.165) is 0 Å². The van der Waals surface area contributed by atoms with Crippen molar-refractivity contribution in [2.24, 2.45) is 0 Å². The van der Waals surface area contributed by atoms with E-state index < -0.39 is 27.1 Å². The zero-order valence-corrected chi connectivity index (χ0v) is 15.7. The van der Waals surface area contributed by atoms with Gasteiger partial charge in [-0.25, -0.2) is 0 Å². The SMILES string of the molecule is CC.CO[Si](C)(C)O[Si](C)(O[SiH2]C)OC(C)=O. The Morgan fingerprint density at radius 1 is 1.18 bits per heavy atom. The van der Waals surface area contributed by atoms with Crippen molar-refractivity contribution in [1.82, 2.24) is 0 Å². The molecule has 0 aliphatic heterocycles. The summed E-state index contributed by atoms with van der Waals surface area (Å²) in [5.74, 6) is -0.368. The molecule has 1 atom stereocenters. The fourth-order valence-electron chi connectivity index (χ4n) is 1.09. The number of hydrogen-bond acceptors (Lipinski definition) is 5. The Balaban J connectivity index is 0. The van der Waals surface area contributed by atoms with Crippen LogP contribution in [0.1, 0.15) is 20.8 Å². The van der Waals surface area contributed by atoms with Gasteiger partial charge in [0.2, 0.25) is 0 Å². The minimum atomic E-state index is -2.82. The van der Waals surface area contributed by atoms with Crippen molar-refractivity contribution in [1.29, 1.82) is 0 Å². The Labute approximate surface area is 109 Å². The van der Waals surface area contributed by atoms with Crippen molar-refractivity contribution >= 4 is 33.1 Å². The maximum atomic E-state index is 11.0. The first-order valence-corrected chi connectivity index (χ1v) is 12.9. The van der Waals surface area contributed by atoms with Crippen LogP contribution in [0.15, 0.2) is 0 Å². The molecular weight excluding hydrogens is 272 g/mol. The molecule has 0 fully saturated rings. The van der Waals surface area contributed by atoms with Crippen LogP contribution < -0.4 is 0 Å². The lowest BCUT2D eigenvalue weighted by Crippen LogP contribution is -2.53. The van der Waals surface area contributed by atoms with Gasteiger partial charge in [-0.2, -0.15) is 0 Å². The van der Waals surface area contributed by atoms with E-state index in [-0.39, 0.29) is 5.97 Å². The monoisotopic (exact) mass is 298 g/mol. The highest BCUT2D eigenvalue weighted by Gasteiger charge is 2.44. The molecule has 0 spiro atoms. The van der Waals surface area contributed by atoms with Crippen molar-refractivity contribution in [3.05, 3.63) is 0 Å². The van der Waals surface area contributed by atoms with Gasteiger partial charge in [0.05, 0.1) is 0 Å². The molecule has 17 heavy (non-hydrogen) atoms. The van der Waals surface area contributed by atoms with Crippen molar-refractivity contribution in [2.45, 2.75) is 47.0 Å². The molecule has 0 saturated carbocycles. The zero-order chi connectivity index (χ0) is 14.1. The fourth-order valence-corrected chi connectivity index (χ4v) is 8.78. The third kappa shape index (κ3) is 9.68. The highest BCUT2D eigenvalue weighted by molar-refractivity contribution is 6.78. The van der Waals surface area contributed by atoms with E-state index in [1.807, 2.05) is 33.5 Å². The van der Waals surface area contributed by atoms with E-state index >= 15 is 0 Å². The fraction of sp³-hybridized carbons (Fsp3) is 0.889. The molecule has 0 saturated heterocycles. The molecule has 0 amide bonds. The van der Waals surface area contributed by atoms with Gasteiger partial charge in [-0.05, 0) is 13.1 Å². The van der Waals surface area contributed by atoms with Gasteiger partial charge in [-0.15, -0.1) is 0 Å². The summed E-state index contributed by atoms with van der Waals surface area (Å²) in [6.07, 6.45) is 0. The lowest BCUT2D eigenvalue weighted by molar-refractivity contribution is -0.135. The first-order valence-electron chi connectivity index (χ1n) is 5.83. The van der Waals surface area contributed by atoms with Gasteiger partial charge in [-0.1, -0.05) is 20.4 Å². The predicted octanol–water partition coefficient (Wildman–Crippen LogP) is 1.66. The third-order valence-corrected chi connectivity index (χ3v) is 10.0. The molecule has 104 valence electrons. The van der Waals surface area contributed by atoms with Crippen LogP contribution in [-0.2, 0) is 21.9 Å². The van der Waals surface area contributed by atoms with E-state index in [9.17, 15) is 4.79 Å². The Hall–Kier alpha value is 0.000649. The van der Waals surface area contributed by atoms with E-state index in [2.05, 4.69) is 0 Å². The topological polar surface area (TPSA) is 54.0 Å². The van der Waals surface area contributed by atoms with Crippen LogP contribution in [0.2, 0.25) is 26.2 Å². The molecule has 0 radical (unpaired) electrons. The second kappa shape index (κ2) is 9.00. The molecule has 0 rings (SSSR count). The summed E-state index contributed by atoms with van der Waals surface area (Å²) in [6.45, 7) is 12.8. The summed E-state index contributed by atoms with van der Waals surface area (Å²) in [4.78, 5) is 11.0. The van der Waals surface area contributed by atoms with Gasteiger partial charge in [0, 0.05) is 20.6 Å². The molecule has 0 aliphatic rings. The largest absolute Gasteiger partial charge is 0.544 e. The van der Waals surface area contributed by atoms with Crippen LogP contribution in [-0.4, -0.2) is 40.2 Å². The molecule has 5 nitrogen and oxygen atoms in total. The lowest BCUT2D eigenvalue weighted by Gasteiger charge is -2.32. The van der Waals surface area contributed by atoms with Gasteiger partial charge in [0.25, 0.3) is 5.97 Å². The van der Waals surface area contributed by atoms with Crippen molar-refractivity contribution in [2.75, 3.05) is 7.11 Å². The minimum Gasteiger partial charge on any atom is -0.475 e. The Bertz CT molecular complexity index is 225. The standard InChI is InChI=1S/C7H20O5Si3.C2H6/c1-7(8)10-15(6,11-13-3)12-14(4,5)9-2;1-2/h13H2,1-6H3;1-2H3. The zero-order valence-electron chi connectivity index (χ0n) is 12.2. The van der Waals surface area contributed by atoms with Crippen LogP contribution >= 0.6 is 0 Å². The van der Waals surface area contributed by atoms with E-state index in [1.54, 1.807) is 13.7 Å². The summed E-state index contributed by atoms with van der Waals surface area (Å²) in [5, 5.41) is 0. The summed E-state index contributed by atoms with van der Waals surface area (Å²) in [6, 6.07) is 0. The molecule has 0 aromatic heterocycles. The maximum absolute atomic E-state index is 11.0. The molecule has 0 aromatic rings. The smallest absolute Gasteiger partial charge is 0.475 e. The quantitative estimate of drug-likeness (QED) is 0.698. The van der Waals surface area contributed by atoms with Crippen LogP contribution in [0.3, 0.4) is 0 Å². The number of carbonyl (C=O) groups excluding carboxylic acids is 1. The highest BCUT2D eigenvalue weighted by atomic mass is 28.5. The minimum absolute atomic E-state index is 0.368. The summed E-state index contributed by atoms with van der Waals surface area (Å²) >= 11 is 0. The van der Waals surface area contributed by atoms with Gasteiger partial charge in [-0.3, -0.25) is 4.79 Å². The van der Waals surface area contributed by atoms with E-state index in [0.29, 0.717) is 0 Å². The van der Waals surface area contributed by atoms with Crippen LogP contribution in [0.5, 0.6) is 0 Å². The lowest BCUT2D eigenvalue weighted by atomic mass is 10.9. The summed E-state index contributed by atoms with van der Waals surface area (Å²) < 4.78 is 21.7. The third-order valence-electron chi connectivity index (χ3n) is 1.66. The van der Waals surface area contributed by atoms with E-state index in [1.165, 1.54) is 6.92 Å². The maximum Gasteiger partial charge on any atom is 0.544 e. The second-order valence-electron chi connectivity index (χ2n) is 3.60. The number of hydrogen-bond donors (Lipinski definition) is 0. The van der Waals surface area contributed by atoms with Gasteiger partial charge >= 0.3 is 17.4 Å². The Morgan fingerprint density at radius 2 is 1.65 bits per heavy atom. The summed E-state index contributed by atoms with van der Waals surface area (Å²) in [5.41, 5.74) is 0. The van der Waals surface area contributed by atoms with Crippen molar-refractivity contribution in [3.8, 4) is 0 Å². The van der Waals surface area contributed by atoms with Crippen LogP contribution in [0, 0.1) is 0 Å². The average Bonchev–Trinajstić information content (AvgIpc) is 2.18. The number of carbonyl (C=O) groups is 1. The van der Waals surface area contributed by atoms with Crippen LogP contribution in [0.25, 0.3) is 0 Å². The molecule has 0 heterocycles. The van der Waals surface area contributed by atoms with Crippen molar-refractivity contribution < 1.29 is 21.9 Å². The molecular formula is C9H26O5Si3. The first-order chi connectivity index (χ1) is 7.74. The van der Waals surface area contributed by atoms with Crippen molar-refractivity contribution in [3.63, 3.8) is 0 Å². The first kappa shape index (κ1) is 19.3. The molecule has 0 N–H and O–H groups in total. The molecule has 0 bridgehead atoms. The highest BCUT2D eigenvalue weighted by Crippen LogP contribution is 2.17. The molecule has 1 unspecified atom stereocenters. The predicted molar refractivity (Wildman–Crippen MR) is 75.8 cm³/mol. The normalized spacial score (nSPS) is 15.1. The Morgan fingerprint density at radius 3 is 1.94 bits per heavy atom. The summed E-state index contributed by atoms with van der Waals surface area (Å²) in [7, 11) is -4.14. The molecule has 8 heteroatoms. The molecule has 0 aromatic carbocycles. The van der Waals surface area contributed by atoms with E-state index in [4.69, 9.17) is 17.1 Å². The average molecular weight is 299 g/mol. The van der Waals surface area contributed by atoms with Crippen LogP contribution in [0.4, 0.5) is 0 Å². The van der Waals surface area contributed by atoms with Gasteiger partial charge in [0.15, 0.2) is 9.76 Å². The number of rotatable bonds is 6. The molecule has 0 aliphatic carbocycles. The van der Waals surface area contributed by atoms with Gasteiger partial charge < -0.3 is 17.1 Å². The Kier molecular flexibility index (Phi) is 10.2. The second-order valence-corrected chi connectivity index (χ2v) is 11.3.